The van der Waals surface area contributed by atoms with Crippen LogP contribution in [0.3, 0.4) is 0 Å². The Morgan fingerprint density at radius 3 is 2.46 bits per heavy atom. The monoisotopic (exact) mass is 481 g/mol. The summed E-state index contributed by atoms with van der Waals surface area (Å²) in [5.41, 5.74) is 1.19. The van der Waals surface area contributed by atoms with Gasteiger partial charge in [0.1, 0.15) is 17.2 Å². The number of aliphatic hydroxyl groups excluding tert-OH is 1. The predicted octanol–water partition coefficient (Wildman–Crippen LogP) is 2.71. The van der Waals surface area contributed by atoms with Crippen molar-refractivity contribution in [3.8, 4) is 17.2 Å². The highest BCUT2D eigenvalue weighted by Gasteiger charge is 2.25. The number of aromatic carboxylic acids is 1. The zero-order valence-electron chi connectivity index (χ0n) is 19.3. The number of nitrogens with one attached hydrogen (secondary N) is 1. The molecule has 0 saturated carbocycles. The lowest BCUT2D eigenvalue weighted by Crippen LogP contribution is -2.38. The number of nitrogens with zero attached hydrogens (tertiary/aromatic N) is 4. The van der Waals surface area contributed by atoms with E-state index in [1.807, 2.05) is 18.7 Å². The summed E-state index contributed by atoms with van der Waals surface area (Å²) in [5, 5.41) is 50.0. The standard InChI is InChI=1S/C24H27N5O6/c1-13(2)17-10-18(20(32)11-19(17)31)29-22(21(24(34)35)26-27-29)25-23(33)14-5-7-15(8-6-14)28-9-3-4-16(30)12-28/h5-8,10-11,13,16,30-32H,3-4,9,12H2,1-2H3,(H,25,33)(H,34,35). The number of aromatic nitrogens is 3. The van der Waals surface area contributed by atoms with Gasteiger partial charge in [0, 0.05) is 30.4 Å². The molecule has 11 heteroatoms. The minimum Gasteiger partial charge on any atom is -0.508 e. The second-order valence-corrected chi connectivity index (χ2v) is 8.80. The Morgan fingerprint density at radius 1 is 1.11 bits per heavy atom. The molecular formula is C24H27N5O6. The van der Waals surface area contributed by atoms with Crippen LogP contribution >= 0.6 is 0 Å². The number of aliphatic hydroxyl groups is 1. The second kappa shape index (κ2) is 9.63. The zero-order chi connectivity index (χ0) is 25.3. The molecule has 0 bridgehead atoms. The topological polar surface area (TPSA) is 161 Å². The molecule has 11 nitrogen and oxygen atoms in total. The lowest BCUT2D eigenvalue weighted by atomic mass is 10.0. The van der Waals surface area contributed by atoms with Gasteiger partial charge in [-0.15, -0.1) is 5.10 Å². The first-order valence-corrected chi connectivity index (χ1v) is 11.3. The summed E-state index contributed by atoms with van der Waals surface area (Å²) in [6.45, 7) is 5.02. The van der Waals surface area contributed by atoms with Gasteiger partial charge in [0.2, 0.25) is 5.69 Å². The third kappa shape index (κ3) is 4.90. The number of benzene rings is 2. The van der Waals surface area contributed by atoms with Gasteiger partial charge in [0.15, 0.2) is 5.82 Å². The number of carboxylic acids is 1. The van der Waals surface area contributed by atoms with Crippen molar-refractivity contribution in [3.05, 3.63) is 53.2 Å². The molecule has 4 rings (SSSR count). The highest BCUT2D eigenvalue weighted by Crippen LogP contribution is 2.35. The average molecular weight is 482 g/mol. The quantitative estimate of drug-likeness (QED) is 0.356. The van der Waals surface area contributed by atoms with Crippen LogP contribution in [-0.4, -0.2) is 66.5 Å². The van der Waals surface area contributed by atoms with E-state index in [-0.39, 0.29) is 40.6 Å². The van der Waals surface area contributed by atoms with Crippen molar-refractivity contribution in [1.29, 1.82) is 0 Å². The minimum atomic E-state index is -1.41. The zero-order valence-corrected chi connectivity index (χ0v) is 19.3. The smallest absolute Gasteiger partial charge is 0.360 e. The Labute approximate surface area is 201 Å². The number of phenols is 2. The summed E-state index contributed by atoms with van der Waals surface area (Å²) in [7, 11) is 0. The molecule has 3 aromatic rings. The normalized spacial score (nSPS) is 15.9. The molecule has 1 aromatic heterocycles. The second-order valence-electron chi connectivity index (χ2n) is 8.80. The number of carboxylic acid groups (broad SMARTS) is 1. The number of anilines is 2. The van der Waals surface area contributed by atoms with Crippen molar-refractivity contribution in [3.63, 3.8) is 0 Å². The van der Waals surface area contributed by atoms with E-state index >= 15 is 0 Å². The van der Waals surface area contributed by atoms with E-state index in [0.717, 1.165) is 35.8 Å². The highest BCUT2D eigenvalue weighted by molar-refractivity contribution is 6.06. The fourth-order valence-corrected chi connectivity index (χ4v) is 4.11. The third-order valence-corrected chi connectivity index (χ3v) is 5.97. The van der Waals surface area contributed by atoms with Crippen LogP contribution in [0.1, 0.15) is 59.0 Å². The Hall–Kier alpha value is -4.12. The van der Waals surface area contributed by atoms with Crippen LogP contribution < -0.4 is 10.2 Å². The van der Waals surface area contributed by atoms with E-state index in [0.29, 0.717) is 12.1 Å². The first-order chi connectivity index (χ1) is 16.7. The molecule has 1 atom stereocenters. The van der Waals surface area contributed by atoms with Gasteiger partial charge in [-0.3, -0.25) is 4.79 Å². The highest BCUT2D eigenvalue weighted by atomic mass is 16.4. The van der Waals surface area contributed by atoms with E-state index in [1.54, 1.807) is 24.3 Å². The van der Waals surface area contributed by atoms with Gasteiger partial charge in [0.05, 0.1) is 6.10 Å². The Kier molecular flexibility index (Phi) is 6.61. The number of amides is 1. The number of carbonyl (C=O) groups is 2. The molecule has 184 valence electrons. The number of hydrogen-bond acceptors (Lipinski definition) is 8. The van der Waals surface area contributed by atoms with Crippen molar-refractivity contribution < 1.29 is 30.0 Å². The van der Waals surface area contributed by atoms with E-state index < -0.39 is 17.6 Å². The van der Waals surface area contributed by atoms with Gasteiger partial charge in [-0.05, 0) is 54.7 Å². The van der Waals surface area contributed by atoms with Gasteiger partial charge in [0.25, 0.3) is 5.91 Å². The van der Waals surface area contributed by atoms with Crippen LogP contribution in [0.2, 0.25) is 0 Å². The van der Waals surface area contributed by atoms with Crippen LogP contribution in [0.25, 0.3) is 5.69 Å². The summed E-state index contributed by atoms with van der Waals surface area (Å²) in [5.74, 6) is -2.82. The molecule has 1 aliphatic heterocycles. The molecule has 35 heavy (non-hydrogen) atoms. The molecule has 1 saturated heterocycles. The van der Waals surface area contributed by atoms with E-state index in [9.17, 15) is 30.0 Å². The maximum Gasteiger partial charge on any atom is 0.360 e. The van der Waals surface area contributed by atoms with E-state index in [4.69, 9.17) is 0 Å². The van der Waals surface area contributed by atoms with Crippen molar-refractivity contribution in [1.82, 2.24) is 15.0 Å². The van der Waals surface area contributed by atoms with Gasteiger partial charge >= 0.3 is 5.97 Å². The number of hydrogen-bond donors (Lipinski definition) is 5. The molecule has 0 aliphatic carbocycles. The maximum atomic E-state index is 13.0. The van der Waals surface area contributed by atoms with Crippen LogP contribution in [0.5, 0.6) is 11.5 Å². The lowest BCUT2D eigenvalue weighted by Gasteiger charge is -2.32. The third-order valence-electron chi connectivity index (χ3n) is 5.97. The van der Waals surface area contributed by atoms with Crippen molar-refractivity contribution in [2.24, 2.45) is 0 Å². The summed E-state index contributed by atoms with van der Waals surface area (Å²) < 4.78 is 1.02. The molecular weight excluding hydrogens is 454 g/mol. The molecule has 1 amide bonds. The molecule has 1 unspecified atom stereocenters. The Balaban J connectivity index is 1.65. The Bertz CT molecular complexity index is 1250. The van der Waals surface area contributed by atoms with Crippen LogP contribution in [0.15, 0.2) is 36.4 Å². The van der Waals surface area contributed by atoms with Gasteiger partial charge in [-0.2, -0.15) is 4.68 Å². The van der Waals surface area contributed by atoms with Crippen molar-refractivity contribution in [2.75, 3.05) is 23.3 Å². The van der Waals surface area contributed by atoms with Crippen molar-refractivity contribution >= 4 is 23.4 Å². The van der Waals surface area contributed by atoms with E-state index in [2.05, 4.69) is 15.6 Å². The summed E-state index contributed by atoms with van der Waals surface area (Å²) in [6.07, 6.45) is 1.25. The number of β-amino-alcohol motifs (C(OH)–C–C–N with tert-alkyl or cyclic N) is 1. The molecule has 0 radical (unpaired) electrons. The molecule has 1 fully saturated rings. The summed E-state index contributed by atoms with van der Waals surface area (Å²) in [6, 6.07) is 9.34. The van der Waals surface area contributed by atoms with Gasteiger partial charge in [-0.1, -0.05) is 19.1 Å². The van der Waals surface area contributed by atoms with E-state index in [1.165, 1.54) is 6.07 Å². The largest absolute Gasteiger partial charge is 0.508 e. The number of piperidine rings is 1. The number of aromatic hydroxyl groups is 2. The van der Waals surface area contributed by atoms with Crippen LogP contribution in [-0.2, 0) is 0 Å². The SMILES string of the molecule is CC(C)c1cc(-n2nnc(C(=O)O)c2NC(=O)c2ccc(N3CCCC(O)C3)cc2)c(O)cc1O. The molecule has 5 N–H and O–H groups in total. The average Bonchev–Trinajstić information content (AvgIpc) is 3.22. The predicted molar refractivity (Wildman–Crippen MR) is 128 cm³/mol. The summed E-state index contributed by atoms with van der Waals surface area (Å²) >= 11 is 0. The first-order valence-electron chi connectivity index (χ1n) is 11.3. The van der Waals surface area contributed by atoms with Crippen LogP contribution in [0.4, 0.5) is 11.5 Å². The van der Waals surface area contributed by atoms with Crippen molar-refractivity contribution in [2.45, 2.75) is 38.7 Å². The minimum absolute atomic E-state index is 0.0563. The summed E-state index contributed by atoms with van der Waals surface area (Å²) in [4.78, 5) is 26.8. The molecule has 2 aromatic carbocycles. The Morgan fingerprint density at radius 2 is 1.83 bits per heavy atom. The molecule has 2 heterocycles. The fraction of sp³-hybridized carbons (Fsp3) is 0.333. The molecule has 0 spiro atoms. The van der Waals surface area contributed by atoms with Gasteiger partial charge < -0.3 is 30.6 Å². The number of rotatable bonds is 6. The fourth-order valence-electron chi connectivity index (χ4n) is 4.11. The molecule has 1 aliphatic rings. The number of carbonyl (C=O) groups excluding carboxylic acids is 1. The maximum absolute atomic E-state index is 13.0. The number of phenolic OH excluding ortho intramolecular Hbond substituents is 2. The first kappa shape index (κ1) is 24.0. The van der Waals surface area contributed by atoms with Crippen LogP contribution in [0, 0.1) is 0 Å². The van der Waals surface area contributed by atoms with Gasteiger partial charge in [-0.25, -0.2) is 4.79 Å². The lowest BCUT2D eigenvalue weighted by molar-refractivity contribution is 0.0691.